The Morgan fingerprint density at radius 3 is 3.06 bits per heavy atom. The van der Waals surface area contributed by atoms with Gasteiger partial charge in [-0.15, -0.1) is 23.7 Å². The predicted octanol–water partition coefficient (Wildman–Crippen LogP) is 1.96. The minimum atomic E-state index is 0. The molecule has 2 N–H and O–H groups in total. The molecule has 1 aliphatic rings. The number of rotatable bonds is 3. The van der Waals surface area contributed by atoms with E-state index in [-0.39, 0.29) is 30.3 Å². The molecule has 2 heterocycles. The van der Waals surface area contributed by atoms with Gasteiger partial charge in [0.2, 0.25) is 5.91 Å². The summed E-state index contributed by atoms with van der Waals surface area (Å²) in [4.78, 5) is 13.0. The van der Waals surface area contributed by atoms with E-state index in [4.69, 9.17) is 0 Å². The SMILES string of the molecule is CC(NC(=O)[C@H]1CCNC1)c1cccs1.Cl. The van der Waals surface area contributed by atoms with Crippen molar-refractivity contribution in [1.29, 1.82) is 0 Å². The largest absolute Gasteiger partial charge is 0.348 e. The van der Waals surface area contributed by atoms with Gasteiger partial charge in [-0.05, 0) is 31.3 Å². The van der Waals surface area contributed by atoms with Crippen molar-refractivity contribution in [2.75, 3.05) is 13.1 Å². The van der Waals surface area contributed by atoms with Gasteiger partial charge in [-0.3, -0.25) is 4.79 Å². The van der Waals surface area contributed by atoms with Crippen LogP contribution in [0, 0.1) is 5.92 Å². The lowest BCUT2D eigenvalue weighted by Gasteiger charge is -2.15. The van der Waals surface area contributed by atoms with E-state index >= 15 is 0 Å². The number of nitrogens with one attached hydrogen (secondary N) is 2. The third-order valence-electron chi connectivity index (χ3n) is 2.76. The highest BCUT2D eigenvalue weighted by Gasteiger charge is 2.23. The van der Waals surface area contributed by atoms with Crippen LogP contribution >= 0.6 is 23.7 Å². The predicted molar refractivity (Wildman–Crippen MR) is 69.1 cm³/mol. The van der Waals surface area contributed by atoms with E-state index in [2.05, 4.69) is 16.7 Å². The minimum Gasteiger partial charge on any atom is -0.348 e. The van der Waals surface area contributed by atoms with Crippen LogP contribution in [0.15, 0.2) is 17.5 Å². The lowest BCUT2D eigenvalue weighted by Crippen LogP contribution is -2.33. The number of thiophene rings is 1. The Morgan fingerprint density at radius 2 is 2.50 bits per heavy atom. The van der Waals surface area contributed by atoms with Gasteiger partial charge < -0.3 is 10.6 Å². The Hall–Kier alpha value is -0.580. The summed E-state index contributed by atoms with van der Waals surface area (Å²) in [5.41, 5.74) is 0. The van der Waals surface area contributed by atoms with Crippen molar-refractivity contribution in [1.82, 2.24) is 10.6 Å². The van der Waals surface area contributed by atoms with Gasteiger partial charge in [0.15, 0.2) is 0 Å². The Balaban J connectivity index is 0.00000128. The molecule has 1 aromatic heterocycles. The molecule has 1 aliphatic heterocycles. The molecule has 0 aromatic carbocycles. The smallest absolute Gasteiger partial charge is 0.224 e. The lowest BCUT2D eigenvalue weighted by molar-refractivity contribution is -0.125. The van der Waals surface area contributed by atoms with Crippen LogP contribution in [0.4, 0.5) is 0 Å². The van der Waals surface area contributed by atoms with Gasteiger partial charge in [0, 0.05) is 11.4 Å². The van der Waals surface area contributed by atoms with Gasteiger partial charge in [-0.1, -0.05) is 6.07 Å². The van der Waals surface area contributed by atoms with Crippen LogP contribution in [-0.4, -0.2) is 19.0 Å². The molecule has 90 valence electrons. The number of carbonyl (C=O) groups excluding carboxylic acids is 1. The topological polar surface area (TPSA) is 41.1 Å². The fourth-order valence-corrected chi connectivity index (χ4v) is 2.55. The third kappa shape index (κ3) is 3.20. The molecule has 1 aromatic rings. The summed E-state index contributed by atoms with van der Waals surface area (Å²) < 4.78 is 0. The zero-order valence-corrected chi connectivity index (χ0v) is 10.9. The third-order valence-corrected chi connectivity index (χ3v) is 3.81. The van der Waals surface area contributed by atoms with Crippen LogP contribution in [0.3, 0.4) is 0 Å². The Kier molecular flexibility index (Phi) is 5.25. The second-order valence-electron chi connectivity index (χ2n) is 3.94. The van der Waals surface area contributed by atoms with Gasteiger partial charge in [0.05, 0.1) is 12.0 Å². The Morgan fingerprint density at radius 1 is 1.69 bits per heavy atom. The van der Waals surface area contributed by atoms with Gasteiger partial charge in [-0.2, -0.15) is 0 Å². The van der Waals surface area contributed by atoms with Crippen molar-refractivity contribution in [2.45, 2.75) is 19.4 Å². The van der Waals surface area contributed by atoms with E-state index in [0.29, 0.717) is 0 Å². The first-order valence-electron chi connectivity index (χ1n) is 5.32. The molecule has 2 atom stereocenters. The average molecular weight is 261 g/mol. The zero-order chi connectivity index (χ0) is 10.7. The maximum atomic E-state index is 11.8. The molecule has 0 aliphatic carbocycles. The van der Waals surface area contributed by atoms with Crippen molar-refractivity contribution < 1.29 is 4.79 Å². The van der Waals surface area contributed by atoms with Crippen molar-refractivity contribution in [2.24, 2.45) is 5.92 Å². The zero-order valence-electron chi connectivity index (χ0n) is 9.23. The lowest BCUT2D eigenvalue weighted by atomic mass is 10.1. The second kappa shape index (κ2) is 6.23. The van der Waals surface area contributed by atoms with E-state index < -0.39 is 0 Å². The summed E-state index contributed by atoms with van der Waals surface area (Å²) in [7, 11) is 0. The maximum absolute atomic E-state index is 11.8. The number of hydrogen-bond acceptors (Lipinski definition) is 3. The standard InChI is InChI=1S/C11H16N2OS.ClH/c1-8(10-3-2-6-15-10)13-11(14)9-4-5-12-7-9;/h2-3,6,8-9,12H,4-5,7H2,1H3,(H,13,14);1H/t8?,9-;/m0./s1. The summed E-state index contributed by atoms with van der Waals surface area (Å²) in [6.45, 7) is 3.82. The van der Waals surface area contributed by atoms with Crippen molar-refractivity contribution >= 4 is 29.7 Å². The Labute approximate surface area is 106 Å². The first-order valence-corrected chi connectivity index (χ1v) is 6.20. The molecule has 1 saturated heterocycles. The fourth-order valence-electron chi connectivity index (χ4n) is 1.82. The summed E-state index contributed by atoms with van der Waals surface area (Å²) in [5, 5.41) is 8.30. The van der Waals surface area contributed by atoms with Crippen molar-refractivity contribution in [3.05, 3.63) is 22.4 Å². The van der Waals surface area contributed by atoms with Gasteiger partial charge in [0.25, 0.3) is 0 Å². The molecule has 16 heavy (non-hydrogen) atoms. The van der Waals surface area contributed by atoms with Crippen molar-refractivity contribution in [3.63, 3.8) is 0 Å². The molecule has 5 heteroatoms. The highest BCUT2D eigenvalue weighted by Crippen LogP contribution is 2.19. The van der Waals surface area contributed by atoms with Gasteiger partial charge in [-0.25, -0.2) is 0 Å². The van der Waals surface area contributed by atoms with Crippen LogP contribution in [-0.2, 0) is 4.79 Å². The van der Waals surface area contributed by atoms with E-state index in [0.717, 1.165) is 19.5 Å². The number of halogens is 1. The monoisotopic (exact) mass is 260 g/mol. The van der Waals surface area contributed by atoms with Crippen LogP contribution < -0.4 is 10.6 Å². The molecule has 0 bridgehead atoms. The molecule has 1 fully saturated rings. The maximum Gasteiger partial charge on any atom is 0.224 e. The summed E-state index contributed by atoms with van der Waals surface area (Å²) >= 11 is 1.69. The van der Waals surface area contributed by atoms with E-state index in [1.807, 2.05) is 18.4 Å². The van der Waals surface area contributed by atoms with E-state index in [1.165, 1.54) is 4.88 Å². The number of hydrogen-bond donors (Lipinski definition) is 2. The van der Waals surface area contributed by atoms with Crippen LogP contribution in [0.2, 0.25) is 0 Å². The molecule has 2 rings (SSSR count). The quantitative estimate of drug-likeness (QED) is 0.872. The highest BCUT2D eigenvalue weighted by atomic mass is 35.5. The first-order chi connectivity index (χ1) is 7.27. The average Bonchev–Trinajstić information content (AvgIpc) is 2.91. The van der Waals surface area contributed by atoms with Crippen LogP contribution in [0.5, 0.6) is 0 Å². The van der Waals surface area contributed by atoms with E-state index in [1.54, 1.807) is 11.3 Å². The van der Waals surface area contributed by atoms with Gasteiger partial charge >= 0.3 is 0 Å². The molecule has 0 saturated carbocycles. The van der Waals surface area contributed by atoms with Gasteiger partial charge in [0.1, 0.15) is 0 Å². The Bertz CT molecular complexity index is 323. The summed E-state index contributed by atoms with van der Waals surface area (Å²) in [6.07, 6.45) is 0.961. The molecule has 0 spiro atoms. The number of carbonyl (C=O) groups is 1. The minimum absolute atomic E-state index is 0. The molecule has 1 amide bonds. The summed E-state index contributed by atoms with van der Waals surface area (Å²) in [6, 6.07) is 4.21. The normalized spacial score (nSPS) is 21.2. The molecule has 1 unspecified atom stereocenters. The second-order valence-corrected chi connectivity index (χ2v) is 4.91. The molecular formula is C11H17ClN2OS. The van der Waals surface area contributed by atoms with Crippen molar-refractivity contribution in [3.8, 4) is 0 Å². The highest BCUT2D eigenvalue weighted by molar-refractivity contribution is 7.10. The fraction of sp³-hybridized carbons (Fsp3) is 0.545. The number of amides is 1. The van der Waals surface area contributed by atoms with Crippen LogP contribution in [0.25, 0.3) is 0 Å². The molecule has 3 nitrogen and oxygen atoms in total. The summed E-state index contributed by atoms with van der Waals surface area (Å²) in [5.74, 6) is 0.341. The van der Waals surface area contributed by atoms with Crippen LogP contribution in [0.1, 0.15) is 24.3 Å². The molecule has 0 radical (unpaired) electrons. The first kappa shape index (κ1) is 13.5. The van der Waals surface area contributed by atoms with E-state index in [9.17, 15) is 4.79 Å². The molecular weight excluding hydrogens is 244 g/mol.